The van der Waals surface area contributed by atoms with Crippen molar-refractivity contribution in [3.05, 3.63) is 30.3 Å². The first-order valence-corrected chi connectivity index (χ1v) is 8.58. The molecule has 1 saturated heterocycles. The van der Waals surface area contributed by atoms with Crippen molar-refractivity contribution in [1.29, 1.82) is 0 Å². The quantitative estimate of drug-likeness (QED) is 0.932. The van der Waals surface area contributed by atoms with E-state index in [-0.39, 0.29) is 11.9 Å². The average molecular weight is 316 g/mol. The van der Waals surface area contributed by atoms with Crippen LogP contribution in [0.4, 0.5) is 4.79 Å². The molecule has 5 heteroatoms. The summed E-state index contributed by atoms with van der Waals surface area (Å²) in [4.78, 5) is 26.4. The third kappa shape index (κ3) is 4.03. The van der Waals surface area contributed by atoms with E-state index in [4.69, 9.17) is 4.74 Å². The molecule has 1 aromatic carbocycles. The minimum atomic E-state index is -0.433. The number of nitrogens with zero attached hydrogens (tertiary/aromatic N) is 1. The van der Waals surface area contributed by atoms with E-state index in [9.17, 15) is 9.59 Å². The minimum absolute atomic E-state index is 0.0283. The van der Waals surface area contributed by atoms with Crippen LogP contribution in [0, 0.1) is 0 Å². The van der Waals surface area contributed by atoms with Crippen LogP contribution in [-0.2, 0) is 4.79 Å². The Hall–Kier alpha value is -2.04. The Morgan fingerprint density at radius 1 is 1.00 bits per heavy atom. The fourth-order valence-electron chi connectivity index (χ4n) is 3.45. The van der Waals surface area contributed by atoms with E-state index < -0.39 is 12.1 Å². The maximum Gasteiger partial charge on any atom is 0.415 e. The lowest BCUT2D eigenvalue weighted by Gasteiger charge is -2.27. The molecule has 2 aliphatic rings. The Balaban J connectivity index is 1.58. The first-order valence-electron chi connectivity index (χ1n) is 8.58. The van der Waals surface area contributed by atoms with Crippen LogP contribution >= 0.6 is 0 Å². The highest BCUT2D eigenvalue weighted by Gasteiger charge is 2.36. The molecule has 5 nitrogen and oxygen atoms in total. The van der Waals surface area contributed by atoms with E-state index in [0.717, 1.165) is 19.3 Å². The van der Waals surface area contributed by atoms with Crippen LogP contribution in [0.1, 0.15) is 44.9 Å². The molecule has 0 spiro atoms. The summed E-state index contributed by atoms with van der Waals surface area (Å²) in [6, 6.07) is 8.86. The third-order valence-electron chi connectivity index (χ3n) is 4.69. The van der Waals surface area contributed by atoms with Crippen molar-refractivity contribution >= 4 is 12.0 Å². The molecular formula is C18H24N2O3. The summed E-state index contributed by atoms with van der Waals surface area (Å²) in [5.74, 6) is 0.482. The van der Waals surface area contributed by atoms with Gasteiger partial charge < -0.3 is 10.1 Å². The molecule has 124 valence electrons. The number of likely N-dealkylation sites (tertiary alicyclic amines) is 1. The predicted molar refractivity (Wildman–Crippen MR) is 87.2 cm³/mol. The zero-order valence-electron chi connectivity index (χ0n) is 13.4. The minimum Gasteiger partial charge on any atom is -0.410 e. The van der Waals surface area contributed by atoms with Crippen LogP contribution in [-0.4, -0.2) is 35.5 Å². The number of nitrogens with one attached hydrogen (secondary N) is 1. The summed E-state index contributed by atoms with van der Waals surface area (Å²) in [5, 5.41) is 3.12. The first-order chi connectivity index (χ1) is 11.2. The van der Waals surface area contributed by atoms with Gasteiger partial charge in [-0.3, -0.25) is 9.69 Å². The fraction of sp³-hybridized carbons (Fsp3) is 0.556. The van der Waals surface area contributed by atoms with Crippen molar-refractivity contribution in [3.63, 3.8) is 0 Å². The predicted octanol–water partition coefficient (Wildman–Crippen LogP) is 3.10. The highest BCUT2D eigenvalue weighted by molar-refractivity contribution is 5.86. The molecule has 1 N–H and O–H groups in total. The van der Waals surface area contributed by atoms with Crippen LogP contribution in [0.2, 0.25) is 0 Å². The second kappa shape index (κ2) is 7.49. The van der Waals surface area contributed by atoms with Gasteiger partial charge in [0.1, 0.15) is 11.8 Å². The summed E-state index contributed by atoms with van der Waals surface area (Å²) < 4.78 is 5.38. The zero-order chi connectivity index (χ0) is 16.1. The molecule has 2 fully saturated rings. The maximum absolute atomic E-state index is 12.5. The van der Waals surface area contributed by atoms with E-state index in [0.29, 0.717) is 18.7 Å². The number of hydrogen-bond donors (Lipinski definition) is 1. The highest BCUT2D eigenvalue weighted by atomic mass is 16.6. The van der Waals surface area contributed by atoms with Crippen LogP contribution in [0.15, 0.2) is 30.3 Å². The number of carbonyl (C=O) groups excluding carboxylic acids is 2. The van der Waals surface area contributed by atoms with Gasteiger partial charge in [-0.15, -0.1) is 0 Å². The molecule has 1 aliphatic carbocycles. The molecule has 3 rings (SSSR count). The molecule has 1 aromatic rings. The smallest absolute Gasteiger partial charge is 0.410 e. The summed E-state index contributed by atoms with van der Waals surface area (Å²) >= 11 is 0. The third-order valence-corrected chi connectivity index (χ3v) is 4.69. The Labute approximate surface area is 137 Å². The zero-order valence-corrected chi connectivity index (χ0v) is 13.4. The second-order valence-electron chi connectivity index (χ2n) is 6.38. The molecule has 1 atom stereocenters. The lowest BCUT2D eigenvalue weighted by Crippen LogP contribution is -2.49. The SMILES string of the molecule is O=C(NC1CCCCC1)[C@H]1CCCN1C(=O)Oc1ccccc1. The molecule has 1 aliphatic heterocycles. The molecule has 2 amide bonds. The van der Waals surface area contributed by atoms with Gasteiger partial charge in [-0.25, -0.2) is 4.79 Å². The van der Waals surface area contributed by atoms with Gasteiger partial charge >= 0.3 is 6.09 Å². The Morgan fingerprint density at radius 3 is 2.48 bits per heavy atom. The topological polar surface area (TPSA) is 58.6 Å². The highest BCUT2D eigenvalue weighted by Crippen LogP contribution is 2.22. The van der Waals surface area contributed by atoms with Crippen LogP contribution in [0.5, 0.6) is 5.75 Å². The van der Waals surface area contributed by atoms with Crippen molar-refractivity contribution < 1.29 is 14.3 Å². The van der Waals surface area contributed by atoms with Gasteiger partial charge in [0, 0.05) is 12.6 Å². The largest absolute Gasteiger partial charge is 0.415 e. The van der Waals surface area contributed by atoms with Crippen molar-refractivity contribution in [1.82, 2.24) is 10.2 Å². The Morgan fingerprint density at radius 2 is 1.74 bits per heavy atom. The fourth-order valence-corrected chi connectivity index (χ4v) is 3.45. The lowest BCUT2D eigenvalue weighted by atomic mass is 9.95. The number of ether oxygens (including phenoxy) is 1. The van der Waals surface area contributed by atoms with Crippen LogP contribution < -0.4 is 10.1 Å². The normalized spacial score (nSPS) is 21.9. The van der Waals surface area contributed by atoms with Crippen molar-refractivity contribution in [2.75, 3.05) is 6.54 Å². The van der Waals surface area contributed by atoms with Crippen LogP contribution in [0.3, 0.4) is 0 Å². The molecule has 0 aromatic heterocycles. The van der Waals surface area contributed by atoms with E-state index >= 15 is 0 Å². The van der Waals surface area contributed by atoms with E-state index in [1.165, 1.54) is 19.3 Å². The summed E-state index contributed by atoms with van der Waals surface area (Å²) in [7, 11) is 0. The van der Waals surface area contributed by atoms with Gasteiger partial charge in [0.2, 0.25) is 5.91 Å². The van der Waals surface area contributed by atoms with Gasteiger partial charge in [-0.2, -0.15) is 0 Å². The number of hydrogen-bond acceptors (Lipinski definition) is 3. The molecule has 0 unspecified atom stereocenters. The number of benzene rings is 1. The second-order valence-corrected chi connectivity index (χ2v) is 6.38. The Bertz CT molecular complexity index is 540. The van der Waals surface area contributed by atoms with Crippen molar-refractivity contribution in [2.45, 2.75) is 57.0 Å². The molecular weight excluding hydrogens is 292 g/mol. The summed E-state index contributed by atoms with van der Waals surface area (Å²) in [6.07, 6.45) is 6.82. The lowest BCUT2D eigenvalue weighted by molar-refractivity contribution is -0.125. The van der Waals surface area contributed by atoms with Gasteiger partial charge in [-0.05, 0) is 37.8 Å². The first kappa shape index (κ1) is 15.8. The van der Waals surface area contributed by atoms with E-state index in [2.05, 4.69) is 5.32 Å². The molecule has 0 radical (unpaired) electrons. The number of amides is 2. The Kier molecular flexibility index (Phi) is 5.16. The van der Waals surface area contributed by atoms with E-state index in [1.807, 2.05) is 18.2 Å². The number of rotatable bonds is 3. The maximum atomic E-state index is 12.5. The number of carbonyl (C=O) groups is 2. The van der Waals surface area contributed by atoms with Gasteiger partial charge in [-0.1, -0.05) is 37.5 Å². The molecule has 1 heterocycles. The monoisotopic (exact) mass is 316 g/mol. The molecule has 23 heavy (non-hydrogen) atoms. The molecule has 0 bridgehead atoms. The number of para-hydroxylation sites is 1. The van der Waals surface area contributed by atoms with Gasteiger partial charge in [0.05, 0.1) is 0 Å². The van der Waals surface area contributed by atoms with Crippen LogP contribution in [0.25, 0.3) is 0 Å². The van der Waals surface area contributed by atoms with E-state index in [1.54, 1.807) is 17.0 Å². The standard InChI is InChI=1S/C18H24N2O3/c21-17(19-14-8-3-1-4-9-14)16-12-7-13-20(16)18(22)23-15-10-5-2-6-11-15/h2,5-6,10-11,14,16H,1,3-4,7-9,12-13H2,(H,19,21)/t16-/m1/s1. The summed E-state index contributed by atoms with van der Waals surface area (Å²) in [5.41, 5.74) is 0. The van der Waals surface area contributed by atoms with Gasteiger partial charge in [0.15, 0.2) is 0 Å². The van der Waals surface area contributed by atoms with Gasteiger partial charge in [0.25, 0.3) is 0 Å². The van der Waals surface area contributed by atoms with Crippen molar-refractivity contribution in [3.8, 4) is 5.75 Å². The molecule has 1 saturated carbocycles. The average Bonchev–Trinajstić information content (AvgIpc) is 3.06. The summed E-state index contributed by atoms with van der Waals surface area (Å²) in [6.45, 7) is 0.578. The van der Waals surface area contributed by atoms with Crippen molar-refractivity contribution in [2.24, 2.45) is 0 Å².